The lowest BCUT2D eigenvalue weighted by Crippen LogP contribution is -2.30. The minimum Gasteiger partial charge on any atom is -0.462 e. The van der Waals surface area contributed by atoms with E-state index in [2.05, 4.69) is 81.5 Å². The van der Waals surface area contributed by atoms with Crippen molar-refractivity contribution in [3.05, 3.63) is 60.8 Å². The van der Waals surface area contributed by atoms with E-state index in [1.165, 1.54) is 109 Å². The Morgan fingerprint density at radius 3 is 0.919 bits per heavy atom. The zero-order chi connectivity index (χ0) is 45.1. The second-order valence-electron chi connectivity index (χ2n) is 17.4. The number of esters is 3. The molecule has 0 rings (SSSR count). The Bertz CT molecular complexity index is 1130. The largest absolute Gasteiger partial charge is 0.462 e. The number of ether oxygens (including phenoxy) is 3. The molecule has 6 heteroatoms. The summed E-state index contributed by atoms with van der Waals surface area (Å²) >= 11 is 0. The monoisotopic (exact) mass is 867 g/mol. The van der Waals surface area contributed by atoms with Crippen LogP contribution in [0.25, 0.3) is 0 Å². The van der Waals surface area contributed by atoms with Crippen molar-refractivity contribution in [2.75, 3.05) is 13.2 Å². The third-order valence-corrected chi connectivity index (χ3v) is 11.2. The second-order valence-corrected chi connectivity index (χ2v) is 17.4. The Balaban J connectivity index is 4.17. The first-order chi connectivity index (χ1) is 30.5. The maximum atomic E-state index is 12.7. The topological polar surface area (TPSA) is 78.9 Å². The zero-order valence-electron chi connectivity index (χ0n) is 40.9. The van der Waals surface area contributed by atoms with E-state index in [9.17, 15) is 14.4 Å². The summed E-state index contributed by atoms with van der Waals surface area (Å²) in [5.41, 5.74) is 0. The predicted octanol–water partition coefficient (Wildman–Crippen LogP) is 17.3. The van der Waals surface area contributed by atoms with Crippen LogP contribution in [0.3, 0.4) is 0 Å². The van der Waals surface area contributed by atoms with E-state index >= 15 is 0 Å². The summed E-state index contributed by atoms with van der Waals surface area (Å²) in [5, 5.41) is 0. The molecule has 62 heavy (non-hydrogen) atoms. The normalized spacial score (nSPS) is 12.5. The lowest BCUT2D eigenvalue weighted by molar-refractivity contribution is -0.167. The van der Waals surface area contributed by atoms with Crippen molar-refractivity contribution in [1.82, 2.24) is 0 Å². The standard InChI is InChI=1S/C56H98O6/c1-4-7-10-13-15-17-19-21-23-25-26-27-28-29-30-31-33-34-36-38-40-43-46-49-55(58)61-52-53(51-60-54(57)48-45-42-12-9-6-3)62-56(59)50-47-44-41-39-37-35-32-24-22-20-18-16-14-11-8-5-2/h18-21,24-26,28-29,32,53H,4-17,22-23,27,30-31,33-52H2,1-3H3/b20-18-,21-19-,26-25-,29-28-,32-24-. The highest BCUT2D eigenvalue weighted by Gasteiger charge is 2.19. The van der Waals surface area contributed by atoms with Gasteiger partial charge >= 0.3 is 17.9 Å². The van der Waals surface area contributed by atoms with Gasteiger partial charge in [0.05, 0.1) is 0 Å². The molecule has 0 aliphatic heterocycles. The lowest BCUT2D eigenvalue weighted by atomic mass is 10.1. The molecule has 0 saturated heterocycles. The van der Waals surface area contributed by atoms with Crippen LogP contribution in [0.4, 0.5) is 0 Å². The molecule has 0 fully saturated rings. The van der Waals surface area contributed by atoms with Gasteiger partial charge < -0.3 is 14.2 Å². The first-order valence-corrected chi connectivity index (χ1v) is 26.3. The molecule has 0 bridgehead atoms. The van der Waals surface area contributed by atoms with Gasteiger partial charge in [0.15, 0.2) is 6.10 Å². The van der Waals surface area contributed by atoms with E-state index in [1.807, 2.05) is 0 Å². The molecule has 358 valence electrons. The Labute approximate surface area is 383 Å². The maximum absolute atomic E-state index is 12.7. The van der Waals surface area contributed by atoms with Crippen molar-refractivity contribution in [3.8, 4) is 0 Å². The van der Waals surface area contributed by atoms with Crippen molar-refractivity contribution in [3.63, 3.8) is 0 Å². The molecule has 0 amide bonds. The summed E-state index contributed by atoms with van der Waals surface area (Å²) in [6.07, 6.45) is 62.4. The van der Waals surface area contributed by atoms with Crippen LogP contribution in [0.1, 0.15) is 258 Å². The van der Waals surface area contributed by atoms with Crippen LogP contribution in [-0.2, 0) is 28.6 Å². The SMILES string of the molecule is CCCCCC/C=C\C/C=C\CCCCCCCC(=O)OC(COC(=O)CCCCCCC)COC(=O)CCCCCCCCCC/C=C\C/C=C\C/C=C\CCCCCCC. The van der Waals surface area contributed by atoms with Gasteiger partial charge in [0.1, 0.15) is 13.2 Å². The summed E-state index contributed by atoms with van der Waals surface area (Å²) in [4.78, 5) is 37.7. The Kier molecular flexibility index (Phi) is 48.4. The van der Waals surface area contributed by atoms with Crippen LogP contribution in [-0.4, -0.2) is 37.2 Å². The van der Waals surface area contributed by atoms with E-state index in [0.717, 1.165) is 109 Å². The van der Waals surface area contributed by atoms with Gasteiger partial charge in [0.25, 0.3) is 0 Å². The fourth-order valence-electron chi connectivity index (χ4n) is 7.24. The Morgan fingerprint density at radius 2 is 0.581 bits per heavy atom. The van der Waals surface area contributed by atoms with Crippen molar-refractivity contribution >= 4 is 17.9 Å². The van der Waals surface area contributed by atoms with Crippen LogP contribution < -0.4 is 0 Å². The Hall–Kier alpha value is -2.89. The van der Waals surface area contributed by atoms with Crippen molar-refractivity contribution < 1.29 is 28.6 Å². The number of allylic oxidation sites excluding steroid dienone is 10. The fourth-order valence-corrected chi connectivity index (χ4v) is 7.24. The first-order valence-electron chi connectivity index (χ1n) is 26.3. The number of unbranched alkanes of at least 4 members (excludes halogenated alkanes) is 26. The fraction of sp³-hybridized carbons (Fsp3) is 0.768. The number of rotatable bonds is 47. The van der Waals surface area contributed by atoms with Crippen molar-refractivity contribution in [2.24, 2.45) is 0 Å². The molecule has 0 radical (unpaired) electrons. The first kappa shape index (κ1) is 59.1. The summed E-state index contributed by atoms with van der Waals surface area (Å²) in [6.45, 7) is 6.51. The predicted molar refractivity (Wildman–Crippen MR) is 265 cm³/mol. The molecule has 0 aromatic heterocycles. The van der Waals surface area contributed by atoms with E-state index in [4.69, 9.17) is 14.2 Å². The smallest absolute Gasteiger partial charge is 0.306 e. The van der Waals surface area contributed by atoms with Gasteiger partial charge in [-0.1, -0.05) is 210 Å². The third kappa shape index (κ3) is 48.1. The van der Waals surface area contributed by atoms with Crippen LogP contribution in [0.5, 0.6) is 0 Å². The van der Waals surface area contributed by atoms with E-state index < -0.39 is 6.10 Å². The minimum absolute atomic E-state index is 0.0832. The molecular weight excluding hydrogens is 769 g/mol. The lowest BCUT2D eigenvalue weighted by Gasteiger charge is -2.18. The molecule has 0 saturated carbocycles. The van der Waals surface area contributed by atoms with E-state index in [1.54, 1.807) is 0 Å². The average Bonchev–Trinajstić information content (AvgIpc) is 3.27. The highest BCUT2D eigenvalue weighted by atomic mass is 16.6. The van der Waals surface area contributed by atoms with Gasteiger partial charge in [-0.25, -0.2) is 0 Å². The van der Waals surface area contributed by atoms with E-state index in [-0.39, 0.29) is 31.1 Å². The molecule has 1 unspecified atom stereocenters. The zero-order valence-corrected chi connectivity index (χ0v) is 40.9. The maximum Gasteiger partial charge on any atom is 0.306 e. The summed E-state index contributed by atoms with van der Waals surface area (Å²) in [6, 6.07) is 0. The van der Waals surface area contributed by atoms with Crippen LogP contribution in [0, 0.1) is 0 Å². The van der Waals surface area contributed by atoms with Crippen molar-refractivity contribution in [2.45, 2.75) is 264 Å². The number of hydrogen-bond acceptors (Lipinski definition) is 6. The van der Waals surface area contributed by atoms with Crippen molar-refractivity contribution in [1.29, 1.82) is 0 Å². The molecule has 0 heterocycles. The van der Waals surface area contributed by atoms with Gasteiger partial charge in [-0.2, -0.15) is 0 Å². The summed E-state index contributed by atoms with van der Waals surface area (Å²) in [5.74, 6) is -0.915. The van der Waals surface area contributed by atoms with Crippen LogP contribution in [0.2, 0.25) is 0 Å². The molecule has 0 aromatic carbocycles. The average molecular weight is 867 g/mol. The van der Waals surface area contributed by atoms with Gasteiger partial charge in [-0.3, -0.25) is 14.4 Å². The number of carbonyl (C=O) groups excluding carboxylic acids is 3. The highest BCUT2D eigenvalue weighted by molar-refractivity contribution is 5.71. The number of hydrogen-bond donors (Lipinski definition) is 0. The molecule has 0 aromatic rings. The summed E-state index contributed by atoms with van der Waals surface area (Å²) < 4.78 is 16.7. The quantitative estimate of drug-likeness (QED) is 0.0262. The number of carbonyl (C=O) groups is 3. The van der Waals surface area contributed by atoms with Crippen LogP contribution in [0.15, 0.2) is 60.8 Å². The molecule has 1 atom stereocenters. The third-order valence-electron chi connectivity index (χ3n) is 11.2. The Morgan fingerprint density at radius 1 is 0.323 bits per heavy atom. The van der Waals surface area contributed by atoms with Gasteiger partial charge in [0.2, 0.25) is 0 Å². The molecular formula is C56H98O6. The molecule has 0 N–H and O–H groups in total. The molecule has 6 nitrogen and oxygen atoms in total. The van der Waals surface area contributed by atoms with Gasteiger partial charge in [-0.05, 0) is 89.9 Å². The molecule has 0 spiro atoms. The van der Waals surface area contributed by atoms with Gasteiger partial charge in [-0.15, -0.1) is 0 Å². The highest BCUT2D eigenvalue weighted by Crippen LogP contribution is 2.14. The van der Waals surface area contributed by atoms with Gasteiger partial charge in [0, 0.05) is 19.3 Å². The minimum atomic E-state index is -0.780. The van der Waals surface area contributed by atoms with Crippen LogP contribution >= 0.6 is 0 Å². The molecule has 0 aliphatic carbocycles. The van der Waals surface area contributed by atoms with E-state index in [0.29, 0.717) is 19.3 Å². The summed E-state index contributed by atoms with van der Waals surface area (Å²) in [7, 11) is 0. The second kappa shape index (κ2) is 50.8. The molecule has 0 aliphatic rings.